The number of unbranched alkanes of at least 4 members (excludes halogenated alkanes) is 1. The second-order valence-electron chi connectivity index (χ2n) is 10.2. The van der Waals surface area contributed by atoms with Gasteiger partial charge < -0.3 is 10.2 Å². The number of carbonyl (C=O) groups excluding carboxylic acids is 2. The molecule has 0 spiro atoms. The van der Waals surface area contributed by atoms with Gasteiger partial charge in [-0.15, -0.1) is 0 Å². The second kappa shape index (κ2) is 14.4. The maximum Gasteiger partial charge on any atom is 0.243 e. The van der Waals surface area contributed by atoms with Crippen molar-refractivity contribution < 1.29 is 9.59 Å². The zero-order valence-corrected chi connectivity index (χ0v) is 22.9. The Kier molecular flexibility index (Phi) is 10.9. The van der Waals surface area contributed by atoms with Crippen LogP contribution in [0.5, 0.6) is 0 Å². The molecule has 4 heteroatoms. The van der Waals surface area contributed by atoms with Crippen LogP contribution in [0, 0.1) is 6.92 Å². The number of amides is 2. The molecule has 0 saturated heterocycles. The molecule has 2 amide bonds. The minimum Gasteiger partial charge on any atom is -0.354 e. The lowest BCUT2D eigenvalue weighted by Gasteiger charge is -2.32. The topological polar surface area (TPSA) is 49.4 Å². The predicted octanol–water partition coefficient (Wildman–Crippen LogP) is 6.61. The van der Waals surface area contributed by atoms with Gasteiger partial charge in [-0.25, -0.2) is 0 Å². The fourth-order valence-corrected chi connectivity index (χ4v) is 4.50. The summed E-state index contributed by atoms with van der Waals surface area (Å²) >= 11 is 0. The van der Waals surface area contributed by atoms with E-state index in [-0.39, 0.29) is 11.8 Å². The summed E-state index contributed by atoms with van der Waals surface area (Å²) in [5, 5.41) is 3.10. The van der Waals surface area contributed by atoms with Gasteiger partial charge in [0.2, 0.25) is 11.8 Å². The number of hydrogen-bond donors (Lipinski definition) is 1. The lowest BCUT2D eigenvalue weighted by Crippen LogP contribution is -2.50. The maximum atomic E-state index is 13.8. The Morgan fingerprint density at radius 3 is 2.19 bits per heavy atom. The molecule has 3 aromatic carbocycles. The van der Waals surface area contributed by atoms with Crippen LogP contribution in [0.4, 0.5) is 0 Å². The van der Waals surface area contributed by atoms with Gasteiger partial charge in [0.15, 0.2) is 0 Å². The van der Waals surface area contributed by atoms with Crippen LogP contribution in [0.1, 0.15) is 73.8 Å². The van der Waals surface area contributed by atoms with Gasteiger partial charge in [-0.2, -0.15) is 0 Å². The molecular formula is C33H42N2O2. The number of benzene rings is 3. The highest BCUT2D eigenvalue weighted by Crippen LogP contribution is 2.20. The van der Waals surface area contributed by atoms with E-state index in [4.69, 9.17) is 0 Å². The zero-order chi connectivity index (χ0) is 26.6. The molecule has 0 aliphatic heterocycles. The van der Waals surface area contributed by atoms with Crippen LogP contribution in [0.25, 0.3) is 0 Å². The van der Waals surface area contributed by atoms with Crippen molar-refractivity contribution >= 4 is 11.8 Å². The van der Waals surface area contributed by atoms with E-state index in [0.29, 0.717) is 38.3 Å². The van der Waals surface area contributed by atoms with Gasteiger partial charge in [0.1, 0.15) is 6.04 Å². The van der Waals surface area contributed by atoms with Gasteiger partial charge in [-0.05, 0) is 53.5 Å². The highest BCUT2D eigenvalue weighted by Gasteiger charge is 2.30. The normalized spacial score (nSPS) is 11.8. The monoisotopic (exact) mass is 498 g/mol. The average Bonchev–Trinajstić information content (AvgIpc) is 2.91. The smallest absolute Gasteiger partial charge is 0.243 e. The summed E-state index contributed by atoms with van der Waals surface area (Å²) in [5.74, 6) is 0.397. The first-order chi connectivity index (χ1) is 17.9. The molecule has 0 bridgehead atoms. The fraction of sp³-hybridized carbons (Fsp3) is 0.394. The quantitative estimate of drug-likeness (QED) is 0.270. The summed E-state index contributed by atoms with van der Waals surface area (Å²) in [6.07, 6.45) is 3.42. The summed E-state index contributed by atoms with van der Waals surface area (Å²) in [6.45, 7) is 9.56. The van der Waals surface area contributed by atoms with Crippen molar-refractivity contribution in [1.29, 1.82) is 0 Å². The molecule has 0 aliphatic rings. The van der Waals surface area contributed by atoms with Crippen LogP contribution in [0.15, 0.2) is 78.9 Å². The summed E-state index contributed by atoms with van der Waals surface area (Å²) < 4.78 is 0. The molecule has 0 aliphatic carbocycles. The zero-order valence-electron chi connectivity index (χ0n) is 22.9. The van der Waals surface area contributed by atoms with E-state index >= 15 is 0 Å². The molecule has 1 atom stereocenters. The van der Waals surface area contributed by atoms with Crippen molar-refractivity contribution in [2.24, 2.45) is 0 Å². The van der Waals surface area contributed by atoms with Crippen molar-refractivity contribution in [2.75, 3.05) is 6.54 Å². The molecule has 3 aromatic rings. The predicted molar refractivity (Wildman–Crippen MR) is 152 cm³/mol. The van der Waals surface area contributed by atoms with Crippen molar-refractivity contribution in [3.63, 3.8) is 0 Å². The standard InChI is InChI=1S/C33H42N2O2/c1-5-6-22-34-33(37)31(23-28-13-8-7-9-14-28)35(24-30-15-11-10-12-26(30)4)32(36)21-18-27-16-19-29(20-17-27)25(2)3/h7-17,19-20,25,31H,5-6,18,21-24H2,1-4H3,(H,34,37)/t31-/m0/s1. The maximum absolute atomic E-state index is 13.8. The van der Waals surface area contributed by atoms with Gasteiger partial charge >= 0.3 is 0 Å². The number of rotatable bonds is 13. The van der Waals surface area contributed by atoms with Crippen molar-refractivity contribution in [2.45, 2.75) is 78.3 Å². The minimum absolute atomic E-state index is 0.00256. The number of hydrogen-bond acceptors (Lipinski definition) is 2. The summed E-state index contributed by atoms with van der Waals surface area (Å²) in [6, 6.07) is 26.1. The number of aryl methyl sites for hydroxylation is 2. The van der Waals surface area contributed by atoms with Crippen LogP contribution in [-0.2, 0) is 29.0 Å². The molecule has 3 rings (SSSR count). The van der Waals surface area contributed by atoms with Crippen molar-refractivity contribution in [3.05, 3.63) is 107 Å². The van der Waals surface area contributed by atoms with Crippen molar-refractivity contribution in [1.82, 2.24) is 10.2 Å². The Hall–Kier alpha value is -3.40. The second-order valence-corrected chi connectivity index (χ2v) is 10.2. The molecule has 37 heavy (non-hydrogen) atoms. The highest BCUT2D eigenvalue weighted by molar-refractivity contribution is 5.88. The summed E-state index contributed by atoms with van der Waals surface area (Å²) in [5.41, 5.74) is 5.67. The van der Waals surface area contributed by atoms with Crippen LogP contribution in [0.3, 0.4) is 0 Å². The minimum atomic E-state index is -0.574. The summed E-state index contributed by atoms with van der Waals surface area (Å²) in [7, 11) is 0. The van der Waals surface area contributed by atoms with Crippen LogP contribution in [-0.4, -0.2) is 29.3 Å². The van der Waals surface area contributed by atoms with Gasteiger partial charge in [-0.3, -0.25) is 9.59 Å². The Morgan fingerprint density at radius 1 is 0.865 bits per heavy atom. The molecule has 1 N–H and O–H groups in total. The van der Waals surface area contributed by atoms with Crippen LogP contribution < -0.4 is 5.32 Å². The van der Waals surface area contributed by atoms with Gasteiger partial charge in [-0.1, -0.05) is 106 Å². The van der Waals surface area contributed by atoms with Gasteiger partial charge in [0, 0.05) is 25.9 Å². The summed E-state index contributed by atoms with van der Waals surface area (Å²) in [4.78, 5) is 29.1. The van der Waals surface area contributed by atoms with E-state index in [1.54, 1.807) is 4.90 Å². The van der Waals surface area contributed by atoms with E-state index in [9.17, 15) is 9.59 Å². The number of nitrogens with one attached hydrogen (secondary N) is 1. The molecule has 0 aromatic heterocycles. The van der Waals surface area contributed by atoms with Crippen LogP contribution in [0.2, 0.25) is 0 Å². The molecule has 4 nitrogen and oxygen atoms in total. The first-order valence-electron chi connectivity index (χ1n) is 13.6. The molecular weight excluding hydrogens is 456 g/mol. The Labute approximate surface area is 223 Å². The largest absolute Gasteiger partial charge is 0.354 e. The van der Waals surface area contributed by atoms with Gasteiger partial charge in [0.05, 0.1) is 0 Å². The fourth-order valence-electron chi connectivity index (χ4n) is 4.50. The third-order valence-corrected chi connectivity index (χ3v) is 6.98. The molecule has 0 radical (unpaired) electrons. The SMILES string of the molecule is CCCCNC(=O)[C@H](Cc1ccccc1)N(Cc1ccccc1C)C(=O)CCc1ccc(C(C)C)cc1. The average molecular weight is 499 g/mol. The highest BCUT2D eigenvalue weighted by atomic mass is 16.2. The Bertz CT molecular complexity index is 1120. The molecule has 196 valence electrons. The first-order valence-corrected chi connectivity index (χ1v) is 13.6. The lowest BCUT2D eigenvalue weighted by atomic mass is 9.99. The van der Waals surface area contributed by atoms with Gasteiger partial charge in [0.25, 0.3) is 0 Å². The third kappa shape index (κ3) is 8.59. The Morgan fingerprint density at radius 2 is 1.54 bits per heavy atom. The Balaban J connectivity index is 1.87. The van der Waals surface area contributed by atoms with E-state index < -0.39 is 6.04 Å². The number of carbonyl (C=O) groups is 2. The number of nitrogens with zero attached hydrogens (tertiary/aromatic N) is 1. The van der Waals surface area contributed by atoms with E-state index in [1.807, 2.05) is 42.5 Å². The van der Waals surface area contributed by atoms with Crippen LogP contribution >= 0.6 is 0 Å². The first kappa shape index (κ1) is 28.2. The third-order valence-electron chi connectivity index (χ3n) is 6.98. The molecule has 0 unspecified atom stereocenters. The molecule has 0 heterocycles. The van der Waals surface area contributed by atoms with E-state index in [2.05, 4.69) is 69.4 Å². The molecule has 0 fully saturated rings. The van der Waals surface area contributed by atoms with Crippen molar-refractivity contribution in [3.8, 4) is 0 Å². The lowest BCUT2D eigenvalue weighted by molar-refractivity contribution is -0.141. The van der Waals surface area contributed by atoms with E-state index in [1.165, 1.54) is 5.56 Å². The van der Waals surface area contributed by atoms with E-state index in [0.717, 1.165) is 35.1 Å². The molecule has 0 saturated carbocycles.